The van der Waals surface area contributed by atoms with Crippen molar-refractivity contribution >= 4 is 21.9 Å². The first-order valence-electron chi connectivity index (χ1n) is 14.8. The fourth-order valence-electron chi connectivity index (χ4n) is 5.87. The molecule has 5 nitrogen and oxygen atoms in total. The lowest BCUT2D eigenvalue weighted by Crippen LogP contribution is -2.11. The Hall–Kier alpha value is -5.50. The molecular weight excluding hydrogens is 585 g/mol. The van der Waals surface area contributed by atoms with Crippen LogP contribution in [0.25, 0.3) is 61.3 Å². The SMILES string of the molecule is CC(C)(C)c1ccc(-n2c(-c3cncc(-c4cc(C(F)(F)F)cc5cccnc45)c3)nc3c(-c4ccccc4O)cccc32)cc1. The molecular formula is C38H29F3N4O. The van der Waals surface area contributed by atoms with Crippen LogP contribution in [0.3, 0.4) is 0 Å². The summed E-state index contributed by atoms with van der Waals surface area (Å²) in [5, 5.41) is 11.1. The number of pyridine rings is 2. The first-order valence-corrected chi connectivity index (χ1v) is 14.8. The van der Waals surface area contributed by atoms with Gasteiger partial charge >= 0.3 is 6.18 Å². The van der Waals surface area contributed by atoms with Gasteiger partial charge < -0.3 is 5.11 Å². The number of para-hydroxylation sites is 2. The van der Waals surface area contributed by atoms with Gasteiger partial charge in [-0.15, -0.1) is 0 Å². The number of alkyl halides is 3. The minimum absolute atomic E-state index is 0.0453. The van der Waals surface area contributed by atoms with Crippen molar-refractivity contribution in [2.75, 3.05) is 0 Å². The Bertz CT molecular complexity index is 2250. The molecule has 7 rings (SSSR count). The molecule has 0 aliphatic rings. The topological polar surface area (TPSA) is 63.8 Å². The second kappa shape index (κ2) is 10.8. The van der Waals surface area contributed by atoms with E-state index in [2.05, 4.69) is 42.9 Å². The fraction of sp³-hybridized carbons (Fsp3) is 0.132. The van der Waals surface area contributed by atoms with Crippen LogP contribution < -0.4 is 0 Å². The van der Waals surface area contributed by atoms with Gasteiger partial charge in [0.1, 0.15) is 11.6 Å². The second-order valence-corrected chi connectivity index (χ2v) is 12.3. The van der Waals surface area contributed by atoms with Gasteiger partial charge in [0.15, 0.2) is 0 Å². The van der Waals surface area contributed by atoms with Crippen LogP contribution in [0.5, 0.6) is 5.75 Å². The molecule has 0 saturated heterocycles. The zero-order chi connectivity index (χ0) is 32.2. The lowest BCUT2D eigenvalue weighted by atomic mass is 9.87. The molecule has 0 aliphatic heterocycles. The van der Waals surface area contributed by atoms with Crippen LogP contribution in [-0.4, -0.2) is 24.6 Å². The van der Waals surface area contributed by atoms with Crippen LogP contribution in [0, 0.1) is 0 Å². The van der Waals surface area contributed by atoms with Gasteiger partial charge in [-0.25, -0.2) is 4.98 Å². The van der Waals surface area contributed by atoms with Gasteiger partial charge in [0.25, 0.3) is 0 Å². The van der Waals surface area contributed by atoms with E-state index in [4.69, 9.17) is 4.98 Å². The van der Waals surface area contributed by atoms with Crippen LogP contribution in [0.4, 0.5) is 13.2 Å². The van der Waals surface area contributed by atoms with Crippen LogP contribution in [0.15, 0.2) is 116 Å². The Morgan fingerprint density at radius 3 is 2.15 bits per heavy atom. The summed E-state index contributed by atoms with van der Waals surface area (Å²) in [7, 11) is 0. The van der Waals surface area contributed by atoms with Gasteiger partial charge in [-0.3, -0.25) is 14.5 Å². The number of phenols is 1. The monoisotopic (exact) mass is 614 g/mol. The predicted octanol–water partition coefficient (Wildman–Crippen LogP) is 9.99. The summed E-state index contributed by atoms with van der Waals surface area (Å²) in [6.07, 6.45) is 0.243. The number of hydrogen-bond donors (Lipinski definition) is 1. The van der Waals surface area contributed by atoms with Crippen LogP contribution in [-0.2, 0) is 11.6 Å². The standard InChI is InChI=1S/C38H29F3N4O/c1-37(2,3)26-13-15-28(16-14-26)45-32-11-6-10-30(29-9-4-5-12-33(29)46)35(32)44-36(45)25-18-24(21-42-22-25)31-20-27(38(39,40)41)19-23-8-7-17-43-34(23)31/h4-22,46H,1-3H3. The third-order valence-corrected chi connectivity index (χ3v) is 8.21. The Morgan fingerprint density at radius 1 is 0.674 bits per heavy atom. The highest BCUT2D eigenvalue weighted by Gasteiger charge is 2.32. The normalized spacial score (nSPS) is 12.2. The van der Waals surface area contributed by atoms with Crippen LogP contribution in [0.2, 0.25) is 0 Å². The maximum Gasteiger partial charge on any atom is 0.416 e. The van der Waals surface area contributed by atoms with E-state index in [9.17, 15) is 18.3 Å². The summed E-state index contributed by atoms with van der Waals surface area (Å²) in [5.74, 6) is 0.688. The van der Waals surface area contributed by atoms with E-state index >= 15 is 0 Å². The highest BCUT2D eigenvalue weighted by Crippen LogP contribution is 2.40. The lowest BCUT2D eigenvalue weighted by Gasteiger charge is -2.19. The van der Waals surface area contributed by atoms with Crippen molar-refractivity contribution in [3.05, 3.63) is 127 Å². The Morgan fingerprint density at radius 2 is 1.41 bits per heavy atom. The molecule has 46 heavy (non-hydrogen) atoms. The maximum atomic E-state index is 14.0. The first-order chi connectivity index (χ1) is 22.0. The van der Waals surface area contributed by atoms with Crippen molar-refractivity contribution in [1.29, 1.82) is 0 Å². The first kappa shape index (κ1) is 29.2. The maximum absolute atomic E-state index is 14.0. The van der Waals surface area contributed by atoms with E-state index in [1.54, 1.807) is 48.9 Å². The fourth-order valence-corrected chi connectivity index (χ4v) is 5.87. The van der Waals surface area contributed by atoms with E-state index in [0.29, 0.717) is 44.5 Å². The number of rotatable bonds is 4. The zero-order valence-electron chi connectivity index (χ0n) is 25.3. The molecule has 0 fully saturated rings. The molecule has 0 amide bonds. The molecule has 228 valence electrons. The Labute approximate surface area is 263 Å². The summed E-state index contributed by atoms with van der Waals surface area (Å²) >= 11 is 0. The van der Waals surface area contributed by atoms with Gasteiger partial charge in [-0.1, -0.05) is 69.3 Å². The minimum atomic E-state index is -4.53. The second-order valence-electron chi connectivity index (χ2n) is 12.3. The quantitative estimate of drug-likeness (QED) is 0.214. The van der Waals surface area contributed by atoms with Crippen molar-refractivity contribution in [3.63, 3.8) is 0 Å². The molecule has 0 spiro atoms. The van der Waals surface area contributed by atoms with E-state index in [-0.39, 0.29) is 11.2 Å². The zero-order valence-corrected chi connectivity index (χ0v) is 25.3. The molecule has 0 aliphatic carbocycles. The largest absolute Gasteiger partial charge is 0.507 e. The van der Waals surface area contributed by atoms with Gasteiger partial charge in [0.2, 0.25) is 0 Å². The average Bonchev–Trinajstić information content (AvgIpc) is 3.44. The van der Waals surface area contributed by atoms with Crippen molar-refractivity contribution in [2.24, 2.45) is 0 Å². The molecule has 0 bridgehead atoms. The molecule has 4 aromatic carbocycles. The highest BCUT2D eigenvalue weighted by atomic mass is 19.4. The summed E-state index contributed by atoms with van der Waals surface area (Å²) < 4.78 is 43.9. The molecule has 3 aromatic heterocycles. The number of imidazole rings is 1. The minimum Gasteiger partial charge on any atom is -0.507 e. The molecule has 1 N–H and O–H groups in total. The molecule has 8 heteroatoms. The van der Waals surface area contributed by atoms with Gasteiger partial charge in [-0.05, 0) is 59.5 Å². The predicted molar refractivity (Wildman–Crippen MR) is 176 cm³/mol. The third-order valence-electron chi connectivity index (χ3n) is 8.21. The van der Waals surface area contributed by atoms with Crippen molar-refractivity contribution in [3.8, 4) is 45.1 Å². The summed E-state index contributed by atoms with van der Waals surface area (Å²) in [6, 6.07) is 28.5. The lowest BCUT2D eigenvalue weighted by molar-refractivity contribution is -0.137. The number of phenolic OH excluding ortho intramolecular Hbond substituents is 1. The summed E-state index contributed by atoms with van der Waals surface area (Å²) in [5.41, 5.74) is 5.94. The summed E-state index contributed by atoms with van der Waals surface area (Å²) in [6.45, 7) is 6.46. The molecule has 0 radical (unpaired) electrons. The number of aromatic nitrogens is 4. The third kappa shape index (κ3) is 5.15. The Kier molecular flexibility index (Phi) is 6.89. The van der Waals surface area contributed by atoms with Gasteiger partial charge in [0.05, 0.1) is 22.1 Å². The van der Waals surface area contributed by atoms with E-state index in [1.807, 2.05) is 47.0 Å². The number of benzene rings is 4. The van der Waals surface area contributed by atoms with Gasteiger partial charge in [-0.2, -0.15) is 13.2 Å². The molecule has 3 heterocycles. The van der Waals surface area contributed by atoms with E-state index in [1.165, 1.54) is 5.56 Å². The molecule has 0 atom stereocenters. The van der Waals surface area contributed by atoms with Crippen LogP contribution >= 0.6 is 0 Å². The van der Waals surface area contributed by atoms with Crippen LogP contribution in [0.1, 0.15) is 31.9 Å². The highest BCUT2D eigenvalue weighted by molar-refractivity contribution is 5.98. The molecule has 0 saturated carbocycles. The molecule has 0 unspecified atom stereocenters. The number of fused-ring (bicyclic) bond motifs is 2. The number of hydrogen-bond acceptors (Lipinski definition) is 4. The van der Waals surface area contributed by atoms with Crippen molar-refractivity contribution < 1.29 is 18.3 Å². The number of halogens is 3. The smallest absolute Gasteiger partial charge is 0.416 e. The van der Waals surface area contributed by atoms with E-state index < -0.39 is 11.7 Å². The number of aromatic hydroxyl groups is 1. The van der Waals surface area contributed by atoms with Crippen molar-refractivity contribution in [1.82, 2.24) is 19.5 Å². The average molecular weight is 615 g/mol. The van der Waals surface area contributed by atoms with Gasteiger partial charge in [0, 0.05) is 57.5 Å². The molecule has 7 aromatic rings. The summed E-state index contributed by atoms with van der Waals surface area (Å²) in [4.78, 5) is 14.0. The van der Waals surface area contributed by atoms with E-state index in [0.717, 1.165) is 28.9 Å². The number of nitrogens with zero attached hydrogens (tertiary/aromatic N) is 4. The Balaban J connectivity index is 1.48. The van der Waals surface area contributed by atoms with Crippen molar-refractivity contribution in [2.45, 2.75) is 32.4 Å².